The summed E-state index contributed by atoms with van der Waals surface area (Å²) in [6.45, 7) is 0.0640. The summed E-state index contributed by atoms with van der Waals surface area (Å²) >= 11 is 0. The fourth-order valence-electron chi connectivity index (χ4n) is 3.20. The molecule has 3 rings (SSSR count). The molecule has 106 valence electrons. The molecule has 0 spiro atoms. The molecule has 3 heteroatoms. The van der Waals surface area contributed by atoms with Crippen LogP contribution in [-0.2, 0) is 6.61 Å². The number of hydrogen-bond donors (Lipinski definition) is 1. The molecule has 2 aromatic rings. The highest BCUT2D eigenvalue weighted by atomic mass is 16.3. The van der Waals surface area contributed by atoms with E-state index in [0.717, 1.165) is 22.3 Å². The number of pyridine rings is 1. The molecule has 1 aliphatic rings. The predicted octanol–water partition coefficient (Wildman–Crippen LogP) is 3.50. The van der Waals surface area contributed by atoms with Gasteiger partial charge in [-0.25, -0.2) is 4.98 Å². The first-order valence-electron chi connectivity index (χ1n) is 7.52. The molecular formula is C17H22N2O. The number of aliphatic hydroxyl groups excluding tert-OH is 1. The number of benzene rings is 1. The van der Waals surface area contributed by atoms with Crippen LogP contribution in [0.3, 0.4) is 0 Å². The van der Waals surface area contributed by atoms with Gasteiger partial charge < -0.3 is 10.0 Å². The Kier molecular flexibility index (Phi) is 3.88. The largest absolute Gasteiger partial charge is 0.392 e. The normalized spacial score (nSPS) is 16.5. The van der Waals surface area contributed by atoms with Crippen molar-refractivity contribution in [3.8, 4) is 0 Å². The minimum absolute atomic E-state index is 0.0640. The van der Waals surface area contributed by atoms with Gasteiger partial charge in [-0.1, -0.05) is 37.5 Å². The lowest BCUT2D eigenvalue weighted by atomic mass is 9.94. The molecule has 3 nitrogen and oxygen atoms in total. The van der Waals surface area contributed by atoms with Gasteiger partial charge >= 0.3 is 0 Å². The number of aromatic nitrogens is 1. The summed E-state index contributed by atoms with van der Waals surface area (Å²) in [5.41, 5.74) is 1.94. The summed E-state index contributed by atoms with van der Waals surface area (Å²) < 4.78 is 0. The average Bonchev–Trinajstić information content (AvgIpc) is 2.54. The molecule has 0 atom stereocenters. The molecular weight excluding hydrogens is 248 g/mol. The maximum atomic E-state index is 9.61. The standard InChI is InChI=1S/C17H22N2O/c1-19(14-7-3-2-4-8-14)17-11-13(12-20)15-9-5-6-10-16(15)18-17/h5-6,9-11,14,20H,2-4,7-8,12H2,1H3. The van der Waals surface area contributed by atoms with E-state index in [1.807, 2.05) is 30.3 Å². The van der Waals surface area contributed by atoms with Crippen molar-refractivity contribution < 1.29 is 5.11 Å². The highest BCUT2D eigenvalue weighted by molar-refractivity contribution is 5.84. The molecule has 0 saturated heterocycles. The van der Waals surface area contributed by atoms with Crippen molar-refractivity contribution in [1.82, 2.24) is 4.98 Å². The summed E-state index contributed by atoms with van der Waals surface area (Å²) in [4.78, 5) is 7.07. The zero-order chi connectivity index (χ0) is 13.9. The number of aliphatic hydroxyl groups is 1. The van der Waals surface area contributed by atoms with E-state index < -0.39 is 0 Å². The van der Waals surface area contributed by atoms with Gasteiger partial charge in [0.2, 0.25) is 0 Å². The summed E-state index contributed by atoms with van der Waals surface area (Å²) in [6.07, 6.45) is 6.49. The minimum Gasteiger partial charge on any atom is -0.392 e. The third kappa shape index (κ3) is 2.50. The van der Waals surface area contributed by atoms with Crippen LogP contribution in [0.25, 0.3) is 10.9 Å². The lowest BCUT2D eigenvalue weighted by molar-refractivity contribution is 0.283. The van der Waals surface area contributed by atoms with Gasteiger partial charge in [-0.2, -0.15) is 0 Å². The van der Waals surface area contributed by atoms with E-state index in [9.17, 15) is 5.11 Å². The maximum Gasteiger partial charge on any atom is 0.129 e. The Hall–Kier alpha value is -1.61. The second-order valence-electron chi connectivity index (χ2n) is 5.72. The van der Waals surface area contributed by atoms with Crippen LogP contribution in [0.4, 0.5) is 5.82 Å². The molecule has 1 heterocycles. The molecule has 0 unspecified atom stereocenters. The summed E-state index contributed by atoms with van der Waals surface area (Å²) in [6, 6.07) is 10.7. The molecule has 1 saturated carbocycles. The summed E-state index contributed by atoms with van der Waals surface area (Å²) in [7, 11) is 2.13. The van der Waals surface area contributed by atoms with Crippen LogP contribution in [0, 0.1) is 0 Å². The SMILES string of the molecule is CN(c1cc(CO)c2ccccc2n1)C1CCCCC1. The van der Waals surface area contributed by atoms with Crippen LogP contribution in [0.2, 0.25) is 0 Å². The third-order valence-electron chi connectivity index (χ3n) is 4.44. The number of para-hydroxylation sites is 1. The molecule has 0 radical (unpaired) electrons. The Morgan fingerprint density at radius 3 is 2.70 bits per heavy atom. The molecule has 1 fully saturated rings. The highest BCUT2D eigenvalue weighted by Gasteiger charge is 2.20. The minimum atomic E-state index is 0.0640. The Balaban J connectivity index is 1.98. The van der Waals surface area contributed by atoms with Crippen molar-refractivity contribution >= 4 is 16.7 Å². The monoisotopic (exact) mass is 270 g/mol. The van der Waals surface area contributed by atoms with Gasteiger partial charge in [-0.3, -0.25) is 0 Å². The number of hydrogen-bond acceptors (Lipinski definition) is 3. The Morgan fingerprint density at radius 1 is 1.20 bits per heavy atom. The molecule has 1 aromatic carbocycles. The fraction of sp³-hybridized carbons (Fsp3) is 0.471. The molecule has 1 N–H and O–H groups in total. The van der Waals surface area contributed by atoms with Crippen LogP contribution in [-0.4, -0.2) is 23.2 Å². The van der Waals surface area contributed by atoms with Gasteiger partial charge in [0.1, 0.15) is 5.82 Å². The van der Waals surface area contributed by atoms with E-state index in [1.54, 1.807) is 0 Å². The fourth-order valence-corrected chi connectivity index (χ4v) is 3.20. The lowest BCUT2D eigenvalue weighted by Gasteiger charge is -2.32. The topological polar surface area (TPSA) is 36.4 Å². The van der Waals surface area contributed by atoms with Gasteiger partial charge in [-0.05, 0) is 30.5 Å². The maximum absolute atomic E-state index is 9.61. The number of nitrogens with zero attached hydrogens (tertiary/aromatic N) is 2. The first-order chi connectivity index (χ1) is 9.79. The van der Waals surface area contributed by atoms with Gasteiger partial charge in [0, 0.05) is 18.5 Å². The molecule has 0 aliphatic heterocycles. The molecule has 20 heavy (non-hydrogen) atoms. The quantitative estimate of drug-likeness (QED) is 0.927. The summed E-state index contributed by atoms with van der Waals surface area (Å²) in [5.74, 6) is 0.986. The first kappa shape index (κ1) is 13.4. The van der Waals surface area contributed by atoms with Crippen molar-refractivity contribution in [2.75, 3.05) is 11.9 Å². The number of fused-ring (bicyclic) bond motifs is 1. The number of anilines is 1. The van der Waals surface area contributed by atoms with Crippen LogP contribution in [0.15, 0.2) is 30.3 Å². The van der Waals surface area contributed by atoms with E-state index in [2.05, 4.69) is 11.9 Å². The van der Waals surface area contributed by atoms with Crippen LogP contribution >= 0.6 is 0 Å². The van der Waals surface area contributed by atoms with Crippen molar-refractivity contribution in [2.45, 2.75) is 44.8 Å². The molecule has 0 bridgehead atoms. The van der Waals surface area contributed by atoms with Crippen molar-refractivity contribution in [3.05, 3.63) is 35.9 Å². The third-order valence-corrected chi connectivity index (χ3v) is 4.44. The zero-order valence-electron chi connectivity index (χ0n) is 12.0. The Morgan fingerprint density at radius 2 is 1.95 bits per heavy atom. The van der Waals surface area contributed by atoms with Crippen LogP contribution in [0.1, 0.15) is 37.7 Å². The first-order valence-corrected chi connectivity index (χ1v) is 7.52. The van der Waals surface area contributed by atoms with Crippen molar-refractivity contribution in [2.24, 2.45) is 0 Å². The van der Waals surface area contributed by atoms with Gasteiger partial charge in [0.05, 0.1) is 12.1 Å². The Labute approximate surface area is 120 Å². The van der Waals surface area contributed by atoms with Gasteiger partial charge in [0.25, 0.3) is 0 Å². The van der Waals surface area contributed by atoms with Crippen LogP contribution in [0.5, 0.6) is 0 Å². The Bertz CT molecular complexity index is 591. The van der Waals surface area contributed by atoms with E-state index in [4.69, 9.17) is 4.98 Å². The molecule has 1 aliphatic carbocycles. The van der Waals surface area contributed by atoms with E-state index >= 15 is 0 Å². The average molecular weight is 270 g/mol. The van der Waals surface area contributed by atoms with E-state index in [1.165, 1.54) is 32.1 Å². The highest BCUT2D eigenvalue weighted by Crippen LogP contribution is 2.28. The molecule has 1 aromatic heterocycles. The van der Waals surface area contributed by atoms with Gasteiger partial charge in [0.15, 0.2) is 0 Å². The van der Waals surface area contributed by atoms with Crippen molar-refractivity contribution in [3.63, 3.8) is 0 Å². The number of rotatable bonds is 3. The van der Waals surface area contributed by atoms with E-state index in [-0.39, 0.29) is 6.61 Å². The van der Waals surface area contributed by atoms with Gasteiger partial charge in [-0.15, -0.1) is 0 Å². The zero-order valence-corrected chi connectivity index (χ0v) is 12.0. The lowest BCUT2D eigenvalue weighted by Crippen LogP contribution is -2.34. The van der Waals surface area contributed by atoms with Crippen LogP contribution < -0.4 is 4.90 Å². The second kappa shape index (κ2) is 5.80. The smallest absolute Gasteiger partial charge is 0.129 e. The summed E-state index contributed by atoms with van der Waals surface area (Å²) in [5, 5.41) is 10.7. The molecule has 0 amide bonds. The second-order valence-corrected chi connectivity index (χ2v) is 5.72. The van der Waals surface area contributed by atoms with E-state index in [0.29, 0.717) is 6.04 Å². The predicted molar refractivity (Wildman–Crippen MR) is 82.9 cm³/mol. The van der Waals surface area contributed by atoms with Crippen molar-refractivity contribution in [1.29, 1.82) is 0 Å².